The van der Waals surface area contributed by atoms with Crippen molar-refractivity contribution < 1.29 is 31.8 Å². The molecule has 0 radical (unpaired) electrons. The summed E-state index contributed by atoms with van der Waals surface area (Å²) < 4.78 is 63.6. The molecule has 0 spiro atoms. The molecule has 0 unspecified atom stereocenters. The molecule has 0 aliphatic rings. The minimum absolute atomic E-state index is 0.342. The van der Waals surface area contributed by atoms with E-state index in [4.69, 9.17) is 9.47 Å². The van der Waals surface area contributed by atoms with Crippen molar-refractivity contribution in [1.29, 1.82) is 0 Å². The Kier molecular flexibility index (Phi) is 5.93. The Morgan fingerprint density at radius 1 is 1.08 bits per heavy atom. The van der Waals surface area contributed by atoms with Gasteiger partial charge in [0.25, 0.3) is 0 Å². The SMILES string of the molecule is COc1ccc([C@@H](O)CNS(=O)(=O)c2c(F)cccc2F)cc1OC. The van der Waals surface area contributed by atoms with Crippen LogP contribution in [0.4, 0.5) is 8.78 Å². The maximum absolute atomic E-state index is 13.6. The van der Waals surface area contributed by atoms with Crippen LogP contribution in [0.15, 0.2) is 41.3 Å². The molecule has 25 heavy (non-hydrogen) atoms. The Hall–Kier alpha value is -2.23. The van der Waals surface area contributed by atoms with Crippen LogP contribution in [0, 0.1) is 11.6 Å². The zero-order chi connectivity index (χ0) is 18.6. The molecule has 0 aromatic heterocycles. The number of hydrogen-bond acceptors (Lipinski definition) is 5. The van der Waals surface area contributed by atoms with Crippen molar-refractivity contribution in [2.24, 2.45) is 0 Å². The van der Waals surface area contributed by atoms with Crippen LogP contribution in [0.25, 0.3) is 0 Å². The molecule has 2 aromatic carbocycles. The lowest BCUT2D eigenvalue weighted by Crippen LogP contribution is -2.30. The van der Waals surface area contributed by atoms with Gasteiger partial charge >= 0.3 is 0 Å². The molecular weight excluding hydrogens is 356 g/mol. The maximum atomic E-state index is 13.6. The van der Waals surface area contributed by atoms with E-state index in [2.05, 4.69) is 0 Å². The van der Waals surface area contributed by atoms with Crippen LogP contribution >= 0.6 is 0 Å². The van der Waals surface area contributed by atoms with Crippen LogP contribution in [0.5, 0.6) is 11.5 Å². The second-order valence-electron chi connectivity index (χ2n) is 5.03. The highest BCUT2D eigenvalue weighted by atomic mass is 32.2. The molecule has 136 valence electrons. The minimum Gasteiger partial charge on any atom is -0.493 e. The highest BCUT2D eigenvalue weighted by molar-refractivity contribution is 7.89. The summed E-state index contributed by atoms with van der Waals surface area (Å²) in [7, 11) is -1.61. The van der Waals surface area contributed by atoms with E-state index in [1.807, 2.05) is 4.72 Å². The highest BCUT2D eigenvalue weighted by Gasteiger charge is 2.24. The van der Waals surface area contributed by atoms with E-state index < -0.39 is 39.2 Å². The second-order valence-corrected chi connectivity index (χ2v) is 6.74. The van der Waals surface area contributed by atoms with Crippen molar-refractivity contribution in [2.75, 3.05) is 20.8 Å². The van der Waals surface area contributed by atoms with Crippen molar-refractivity contribution in [3.63, 3.8) is 0 Å². The molecule has 2 rings (SSSR count). The number of aliphatic hydroxyl groups excluding tert-OH is 1. The van der Waals surface area contributed by atoms with Gasteiger partial charge in [-0.3, -0.25) is 0 Å². The fourth-order valence-corrected chi connectivity index (χ4v) is 3.35. The Morgan fingerprint density at radius 2 is 1.68 bits per heavy atom. The molecule has 0 saturated carbocycles. The number of hydrogen-bond donors (Lipinski definition) is 2. The monoisotopic (exact) mass is 373 g/mol. The van der Waals surface area contributed by atoms with Crippen LogP contribution in [0.2, 0.25) is 0 Å². The van der Waals surface area contributed by atoms with Crippen LogP contribution in [0.3, 0.4) is 0 Å². The van der Waals surface area contributed by atoms with Gasteiger partial charge in [0.05, 0.1) is 20.3 Å². The van der Waals surface area contributed by atoms with Gasteiger partial charge in [0.2, 0.25) is 10.0 Å². The van der Waals surface area contributed by atoms with Crippen LogP contribution < -0.4 is 14.2 Å². The third-order valence-corrected chi connectivity index (χ3v) is 4.92. The van der Waals surface area contributed by atoms with Gasteiger partial charge in [0, 0.05) is 6.54 Å². The molecule has 0 fully saturated rings. The molecule has 0 saturated heterocycles. The number of nitrogens with one attached hydrogen (secondary N) is 1. The Morgan fingerprint density at radius 3 is 2.24 bits per heavy atom. The first-order chi connectivity index (χ1) is 11.8. The molecule has 0 aliphatic carbocycles. The van der Waals surface area contributed by atoms with E-state index in [1.165, 1.54) is 26.4 Å². The Labute approximate surface area is 144 Å². The highest BCUT2D eigenvalue weighted by Crippen LogP contribution is 2.30. The standard InChI is InChI=1S/C16H17F2NO5S/c1-23-14-7-6-10(8-15(14)24-2)13(20)9-19-25(21,22)16-11(17)4-3-5-12(16)18/h3-8,13,19-20H,9H2,1-2H3/t13-/m0/s1. The number of methoxy groups -OCH3 is 2. The summed E-state index contributed by atoms with van der Waals surface area (Å²) in [5.41, 5.74) is 0.342. The Balaban J connectivity index is 2.18. The average Bonchev–Trinajstić information content (AvgIpc) is 2.58. The van der Waals surface area contributed by atoms with Gasteiger partial charge in [-0.1, -0.05) is 12.1 Å². The van der Waals surface area contributed by atoms with E-state index in [0.717, 1.165) is 18.2 Å². The second kappa shape index (κ2) is 7.77. The van der Waals surface area contributed by atoms with Crippen LogP contribution in [0.1, 0.15) is 11.7 Å². The molecule has 1 atom stereocenters. The Bertz CT molecular complexity index is 837. The number of rotatable bonds is 7. The van der Waals surface area contributed by atoms with Gasteiger partial charge in [-0.15, -0.1) is 0 Å². The molecular formula is C16H17F2NO5S. The predicted molar refractivity (Wildman–Crippen MR) is 86.1 cm³/mol. The summed E-state index contributed by atoms with van der Waals surface area (Å²) in [6, 6.07) is 7.26. The van der Waals surface area contributed by atoms with E-state index in [9.17, 15) is 22.3 Å². The van der Waals surface area contributed by atoms with Crippen molar-refractivity contribution in [3.8, 4) is 11.5 Å². The average molecular weight is 373 g/mol. The number of sulfonamides is 1. The van der Waals surface area contributed by atoms with E-state index in [1.54, 1.807) is 6.07 Å². The van der Waals surface area contributed by atoms with Gasteiger partial charge in [-0.05, 0) is 29.8 Å². The summed E-state index contributed by atoms with van der Waals surface area (Å²) >= 11 is 0. The zero-order valence-corrected chi connectivity index (χ0v) is 14.3. The number of ether oxygens (including phenoxy) is 2. The summed E-state index contributed by atoms with van der Waals surface area (Å²) in [4.78, 5) is -1.09. The van der Waals surface area contributed by atoms with Gasteiger partial charge in [0.15, 0.2) is 16.4 Å². The third-order valence-electron chi connectivity index (χ3n) is 3.45. The van der Waals surface area contributed by atoms with Gasteiger partial charge in [0.1, 0.15) is 11.6 Å². The van der Waals surface area contributed by atoms with Crippen LogP contribution in [-0.2, 0) is 10.0 Å². The number of aliphatic hydroxyl groups is 1. The summed E-state index contributed by atoms with van der Waals surface area (Å²) in [6.07, 6.45) is -1.26. The van der Waals surface area contributed by atoms with Gasteiger partial charge in [-0.25, -0.2) is 21.9 Å². The molecule has 6 nitrogen and oxygen atoms in total. The minimum atomic E-state index is -4.47. The fourth-order valence-electron chi connectivity index (χ4n) is 2.18. The lowest BCUT2D eigenvalue weighted by atomic mass is 10.1. The quantitative estimate of drug-likeness (QED) is 0.775. The smallest absolute Gasteiger partial charge is 0.246 e. The van der Waals surface area contributed by atoms with Crippen molar-refractivity contribution in [3.05, 3.63) is 53.6 Å². The van der Waals surface area contributed by atoms with E-state index >= 15 is 0 Å². The third kappa shape index (κ3) is 4.25. The molecule has 0 bridgehead atoms. The van der Waals surface area contributed by atoms with E-state index in [-0.39, 0.29) is 0 Å². The first-order valence-corrected chi connectivity index (χ1v) is 8.62. The molecule has 2 N–H and O–H groups in total. The van der Waals surface area contributed by atoms with Gasteiger partial charge in [-0.2, -0.15) is 0 Å². The van der Waals surface area contributed by atoms with Crippen LogP contribution in [-0.4, -0.2) is 34.3 Å². The van der Waals surface area contributed by atoms with Crippen molar-refractivity contribution in [1.82, 2.24) is 4.72 Å². The summed E-state index contributed by atoms with van der Waals surface area (Å²) in [6.45, 7) is -0.481. The van der Waals surface area contributed by atoms with Gasteiger partial charge < -0.3 is 14.6 Å². The maximum Gasteiger partial charge on any atom is 0.246 e. The van der Waals surface area contributed by atoms with E-state index in [0.29, 0.717) is 17.1 Å². The topological polar surface area (TPSA) is 84.9 Å². The first kappa shape index (κ1) is 19.1. The molecule has 9 heteroatoms. The molecule has 0 heterocycles. The predicted octanol–water partition coefficient (Wildman–Crippen LogP) is 1.99. The molecule has 0 amide bonds. The molecule has 2 aromatic rings. The first-order valence-electron chi connectivity index (χ1n) is 7.14. The lowest BCUT2D eigenvalue weighted by molar-refractivity contribution is 0.181. The lowest BCUT2D eigenvalue weighted by Gasteiger charge is -2.15. The normalized spacial score (nSPS) is 12.7. The number of halogens is 2. The van der Waals surface area contributed by atoms with Crippen molar-refractivity contribution in [2.45, 2.75) is 11.0 Å². The zero-order valence-electron chi connectivity index (χ0n) is 13.5. The molecule has 0 aliphatic heterocycles. The fraction of sp³-hybridized carbons (Fsp3) is 0.250. The summed E-state index contributed by atoms with van der Waals surface area (Å²) in [5.74, 6) is -1.64. The number of benzene rings is 2. The largest absolute Gasteiger partial charge is 0.493 e. The summed E-state index contributed by atoms with van der Waals surface area (Å²) in [5, 5.41) is 10.1. The van der Waals surface area contributed by atoms with Crippen molar-refractivity contribution >= 4 is 10.0 Å².